The highest BCUT2D eigenvalue weighted by molar-refractivity contribution is 5.69. The standard InChI is InChI=1S/C13H23N3/c1-6-16(7-2)15(5)13-11-9-8-10-12(13)14(3)4/h8-11H,6-7H2,1-5H3. The number of anilines is 2. The summed E-state index contributed by atoms with van der Waals surface area (Å²) in [6.45, 7) is 6.40. The van der Waals surface area contributed by atoms with E-state index in [1.807, 2.05) is 0 Å². The fourth-order valence-corrected chi connectivity index (χ4v) is 1.92. The van der Waals surface area contributed by atoms with Crippen LogP contribution in [0.15, 0.2) is 24.3 Å². The predicted molar refractivity (Wildman–Crippen MR) is 72.1 cm³/mol. The van der Waals surface area contributed by atoms with E-state index in [-0.39, 0.29) is 0 Å². The molecular formula is C13H23N3. The van der Waals surface area contributed by atoms with Crippen LogP contribution in [0, 0.1) is 0 Å². The maximum Gasteiger partial charge on any atom is 0.0752 e. The molecule has 0 N–H and O–H groups in total. The van der Waals surface area contributed by atoms with Crippen LogP contribution in [0.2, 0.25) is 0 Å². The summed E-state index contributed by atoms with van der Waals surface area (Å²) in [4.78, 5) is 2.15. The molecule has 0 spiro atoms. The fourth-order valence-electron chi connectivity index (χ4n) is 1.92. The molecule has 1 aromatic rings. The molecule has 0 bridgehead atoms. The largest absolute Gasteiger partial charge is 0.376 e. The number of benzene rings is 1. The first kappa shape index (κ1) is 12.8. The molecule has 0 fully saturated rings. The summed E-state index contributed by atoms with van der Waals surface area (Å²) in [5, 5.41) is 4.54. The maximum atomic E-state index is 2.31. The summed E-state index contributed by atoms with van der Waals surface area (Å²) >= 11 is 0. The van der Waals surface area contributed by atoms with Gasteiger partial charge in [-0.15, -0.1) is 0 Å². The molecule has 1 aromatic carbocycles. The van der Waals surface area contributed by atoms with Gasteiger partial charge in [0.1, 0.15) is 0 Å². The summed E-state index contributed by atoms with van der Waals surface area (Å²) < 4.78 is 0. The highest BCUT2D eigenvalue weighted by Gasteiger charge is 2.12. The van der Waals surface area contributed by atoms with Crippen LogP contribution in [-0.4, -0.2) is 39.2 Å². The Morgan fingerprint density at radius 3 is 1.81 bits per heavy atom. The van der Waals surface area contributed by atoms with Crippen LogP contribution in [0.4, 0.5) is 11.4 Å². The normalized spacial score (nSPS) is 10.6. The first-order valence-corrected chi connectivity index (χ1v) is 5.86. The van der Waals surface area contributed by atoms with Crippen molar-refractivity contribution in [3.05, 3.63) is 24.3 Å². The van der Waals surface area contributed by atoms with E-state index >= 15 is 0 Å². The van der Waals surface area contributed by atoms with Crippen LogP contribution in [0.1, 0.15) is 13.8 Å². The van der Waals surface area contributed by atoms with Gasteiger partial charge in [-0.25, -0.2) is 5.01 Å². The van der Waals surface area contributed by atoms with Gasteiger partial charge >= 0.3 is 0 Å². The van der Waals surface area contributed by atoms with Crippen molar-refractivity contribution in [2.75, 3.05) is 44.1 Å². The van der Waals surface area contributed by atoms with E-state index in [1.54, 1.807) is 0 Å². The Morgan fingerprint density at radius 1 is 0.875 bits per heavy atom. The summed E-state index contributed by atoms with van der Waals surface area (Å²) in [6, 6.07) is 8.47. The Kier molecular flexibility index (Phi) is 4.62. The Labute approximate surface area is 99.2 Å². The Morgan fingerprint density at radius 2 is 1.38 bits per heavy atom. The van der Waals surface area contributed by atoms with Crippen molar-refractivity contribution in [1.29, 1.82) is 0 Å². The van der Waals surface area contributed by atoms with Crippen LogP contribution in [-0.2, 0) is 0 Å². The molecule has 0 amide bonds. The number of hydrazine groups is 1. The molecule has 3 heteroatoms. The summed E-state index contributed by atoms with van der Waals surface area (Å²) in [6.07, 6.45) is 0. The minimum atomic E-state index is 1.02. The topological polar surface area (TPSA) is 9.72 Å². The molecule has 3 nitrogen and oxygen atoms in total. The SMILES string of the molecule is CCN(CC)N(C)c1ccccc1N(C)C. The van der Waals surface area contributed by atoms with Crippen LogP contribution in [0.3, 0.4) is 0 Å². The molecule has 0 aliphatic heterocycles. The second kappa shape index (κ2) is 5.75. The van der Waals surface area contributed by atoms with Crippen LogP contribution < -0.4 is 9.91 Å². The monoisotopic (exact) mass is 221 g/mol. The molecule has 0 aliphatic carbocycles. The smallest absolute Gasteiger partial charge is 0.0752 e. The van der Waals surface area contributed by atoms with Gasteiger partial charge in [-0.05, 0) is 12.1 Å². The maximum absolute atomic E-state index is 2.31. The number of hydrogen-bond donors (Lipinski definition) is 0. The lowest BCUT2D eigenvalue weighted by Gasteiger charge is -2.34. The molecule has 1 rings (SSSR count). The molecule has 0 heterocycles. The third kappa shape index (κ3) is 2.67. The summed E-state index contributed by atoms with van der Waals surface area (Å²) in [5.74, 6) is 0. The van der Waals surface area contributed by atoms with Gasteiger partial charge < -0.3 is 9.91 Å². The minimum absolute atomic E-state index is 1.02. The summed E-state index contributed by atoms with van der Waals surface area (Å²) in [5.41, 5.74) is 2.49. The lowest BCUT2D eigenvalue weighted by molar-refractivity contribution is 0.294. The van der Waals surface area contributed by atoms with E-state index in [4.69, 9.17) is 0 Å². The van der Waals surface area contributed by atoms with E-state index in [2.05, 4.69) is 74.2 Å². The van der Waals surface area contributed by atoms with Gasteiger partial charge in [0.05, 0.1) is 11.4 Å². The van der Waals surface area contributed by atoms with Crippen molar-refractivity contribution in [3.8, 4) is 0 Å². The first-order chi connectivity index (χ1) is 7.61. The van der Waals surface area contributed by atoms with Crippen molar-refractivity contribution in [3.63, 3.8) is 0 Å². The van der Waals surface area contributed by atoms with Gasteiger partial charge in [0.2, 0.25) is 0 Å². The van der Waals surface area contributed by atoms with E-state index in [1.165, 1.54) is 11.4 Å². The van der Waals surface area contributed by atoms with Crippen LogP contribution in [0.5, 0.6) is 0 Å². The molecule has 0 saturated carbocycles. The van der Waals surface area contributed by atoms with Gasteiger partial charge in [-0.2, -0.15) is 0 Å². The fraction of sp³-hybridized carbons (Fsp3) is 0.538. The first-order valence-electron chi connectivity index (χ1n) is 5.86. The van der Waals surface area contributed by atoms with E-state index < -0.39 is 0 Å². The van der Waals surface area contributed by atoms with Crippen molar-refractivity contribution in [2.24, 2.45) is 0 Å². The third-order valence-corrected chi connectivity index (χ3v) is 2.87. The lowest BCUT2D eigenvalue weighted by Crippen LogP contribution is -2.40. The zero-order valence-electron chi connectivity index (χ0n) is 11.1. The average molecular weight is 221 g/mol. The van der Waals surface area contributed by atoms with Gasteiger partial charge in [0, 0.05) is 34.2 Å². The van der Waals surface area contributed by atoms with E-state index in [0.717, 1.165) is 13.1 Å². The number of nitrogens with zero attached hydrogens (tertiary/aromatic N) is 3. The number of para-hydroxylation sites is 2. The van der Waals surface area contributed by atoms with Gasteiger partial charge in [-0.3, -0.25) is 0 Å². The molecule has 90 valence electrons. The number of hydrogen-bond acceptors (Lipinski definition) is 3. The minimum Gasteiger partial charge on any atom is -0.376 e. The van der Waals surface area contributed by atoms with E-state index in [0.29, 0.717) is 0 Å². The Bertz CT molecular complexity index is 319. The highest BCUT2D eigenvalue weighted by atomic mass is 15.6. The van der Waals surface area contributed by atoms with Crippen LogP contribution >= 0.6 is 0 Å². The van der Waals surface area contributed by atoms with Crippen molar-refractivity contribution in [1.82, 2.24) is 5.01 Å². The molecule has 0 radical (unpaired) electrons. The molecule has 0 atom stereocenters. The predicted octanol–water partition coefficient (Wildman–Crippen LogP) is 2.45. The zero-order valence-corrected chi connectivity index (χ0v) is 11.1. The average Bonchev–Trinajstić information content (AvgIpc) is 2.30. The zero-order chi connectivity index (χ0) is 12.1. The lowest BCUT2D eigenvalue weighted by atomic mass is 10.2. The van der Waals surface area contributed by atoms with E-state index in [9.17, 15) is 0 Å². The third-order valence-electron chi connectivity index (χ3n) is 2.87. The molecule has 0 aromatic heterocycles. The molecule has 0 unspecified atom stereocenters. The molecular weight excluding hydrogens is 198 g/mol. The molecule has 0 saturated heterocycles. The second-order valence-electron chi connectivity index (χ2n) is 4.05. The van der Waals surface area contributed by atoms with Crippen molar-refractivity contribution < 1.29 is 0 Å². The van der Waals surface area contributed by atoms with Gasteiger partial charge in [-0.1, -0.05) is 26.0 Å². The van der Waals surface area contributed by atoms with Crippen molar-refractivity contribution >= 4 is 11.4 Å². The molecule has 0 aliphatic rings. The van der Waals surface area contributed by atoms with Crippen LogP contribution in [0.25, 0.3) is 0 Å². The van der Waals surface area contributed by atoms with Gasteiger partial charge in [0.15, 0.2) is 0 Å². The Balaban J connectivity index is 3.02. The highest BCUT2D eigenvalue weighted by Crippen LogP contribution is 2.27. The summed E-state index contributed by atoms with van der Waals surface area (Å²) in [7, 11) is 6.28. The van der Waals surface area contributed by atoms with Gasteiger partial charge in [0.25, 0.3) is 0 Å². The number of rotatable bonds is 5. The van der Waals surface area contributed by atoms with Crippen molar-refractivity contribution in [2.45, 2.75) is 13.8 Å². The quantitative estimate of drug-likeness (QED) is 0.707. The Hall–Kier alpha value is -1.22. The second-order valence-corrected chi connectivity index (χ2v) is 4.05. The molecule has 16 heavy (non-hydrogen) atoms.